The Labute approximate surface area is 180 Å². The molecule has 0 aromatic heterocycles. The largest absolute Gasteiger partial charge is 0.497 e. The summed E-state index contributed by atoms with van der Waals surface area (Å²) in [4.78, 5) is 18.3. The number of hydrogen-bond donors (Lipinski definition) is 1. The number of benzene rings is 1. The molecular weight excluding hydrogens is 376 g/mol. The van der Waals surface area contributed by atoms with E-state index in [1.165, 1.54) is 38.5 Å². The lowest BCUT2D eigenvalue weighted by Gasteiger charge is -2.60. The third-order valence-corrected chi connectivity index (χ3v) is 8.27. The van der Waals surface area contributed by atoms with Gasteiger partial charge in [-0.25, -0.2) is 0 Å². The summed E-state index contributed by atoms with van der Waals surface area (Å²) in [7, 11) is 1.70. The minimum atomic E-state index is -0.201. The van der Waals surface area contributed by atoms with Gasteiger partial charge < -0.3 is 14.7 Å². The molecule has 0 unspecified atom stereocenters. The van der Waals surface area contributed by atoms with Crippen molar-refractivity contribution in [2.75, 3.05) is 26.7 Å². The van der Waals surface area contributed by atoms with Crippen molar-refractivity contribution in [3.63, 3.8) is 0 Å². The van der Waals surface area contributed by atoms with Crippen molar-refractivity contribution in [3.05, 3.63) is 29.8 Å². The fourth-order valence-corrected chi connectivity index (χ4v) is 7.22. The second kappa shape index (κ2) is 8.16. The minimum Gasteiger partial charge on any atom is -0.497 e. The molecule has 4 saturated carbocycles. The van der Waals surface area contributed by atoms with Crippen LogP contribution in [-0.2, 0) is 11.3 Å². The number of ether oxygens (including phenoxy) is 1. The predicted molar refractivity (Wildman–Crippen MR) is 116 cm³/mol. The predicted octanol–water partition coefficient (Wildman–Crippen LogP) is 3.45. The van der Waals surface area contributed by atoms with Gasteiger partial charge >= 0.3 is 0 Å². The number of likely N-dealkylation sites (tertiary alicyclic amines) is 1. The Bertz CT molecular complexity index is 736. The van der Waals surface area contributed by atoms with E-state index in [9.17, 15) is 9.90 Å². The molecule has 5 aliphatic rings. The smallest absolute Gasteiger partial charge is 0.237 e. The second-order valence-electron chi connectivity index (χ2n) is 10.5. The van der Waals surface area contributed by atoms with Crippen LogP contribution in [0.4, 0.5) is 0 Å². The summed E-state index contributed by atoms with van der Waals surface area (Å²) in [6.45, 7) is 2.80. The Morgan fingerprint density at radius 3 is 2.37 bits per heavy atom. The van der Waals surface area contributed by atoms with Gasteiger partial charge in [0.1, 0.15) is 5.75 Å². The molecule has 1 N–H and O–H groups in total. The molecular formula is C25H36N2O3. The molecule has 5 fully saturated rings. The lowest BCUT2D eigenvalue weighted by molar-refractivity contribution is -0.154. The van der Waals surface area contributed by atoms with Crippen LogP contribution in [0.2, 0.25) is 0 Å². The fourth-order valence-electron chi connectivity index (χ4n) is 7.22. The quantitative estimate of drug-likeness (QED) is 0.778. The molecule has 6 rings (SSSR count). The summed E-state index contributed by atoms with van der Waals surface area (Å²) in [6.07, 6.45) is 9.06. The number of hydrogen-bond acceptors (Lipinski definition) is 4. The highest BCUT2D eigenvalue weighted by molar-refractivity contribution is 5.79. The number of carbonyl (C=O) groups excluding carboxylic acids is 1. The third kappa shape index (κ3) is 3.99. The molecule has 0 atom stereocenters. The van der Waals surface area contributed by atoms with Gasteiger partial charge in [-0.15, -0.1) is 0 Å². The summed E-state index contributed by atoms with van der Waals surface area (Å²) in [6, 6.07) is 8.21. The summed E-state index contributed by atoms with van der Waals surface area (Å²) < 4.78 is 5.44. The number of carbonyl (C=O) groups is 1. The zero-order chi connectivity index (χ0) is 20.7. The molecule has 1 aromatic carbocycles. The maximum atomic E-state index is 13.8. The molecule has 0 radical (unpaired) electrons. The third-order valence-electron chi connectivity index (χ3n) is 8.27. The Morgan fingerprint density at radius 2 is 1.77 bits per heavy atom. The summed E-state index contributed by atoms with van der Waals surface area (Å²) in [5.74, 6) is 3.55. The van der Waals surface area contributed by atoms with Gasteiger partial charge in [-0.05, 0) is 86.8 Å². The highest BCUT2D eigenvalue weighted by atomic mass is 16.5. The first-order valence-electron chi connectivity index (χ1n) is 11.9. The van der Waals surface area contributed by atoms with Crippen molar-refractivity contribution in [3.8, 4) is 5.75 Å². The number of rotatable bonds is 6. The van der Waals surface area contributed by atoms with E-state index in [4.69, 9.17) is 4.74 Å². The van der Waals surface area contributed by atoms with Crippen LogP contribution in [0.3, 0.4) is 0 Å². The standard InChI is InChI=1S/C25H36N2O3/c1-30-23-4-2-3-18(12-23)16-27(24(29)17-26-7-5-22(28)6-8-26)25-13-19-9-20(14-25)11-21(10-19)15-25/h2-4,12,19-22,28H,5-11,13-17H2,1H3. The number of aliphatic hydroxyl groups excluding tert-OH is 1. The molecule has 1 aliphatic heterocycles. The van der Waals surface area contributed by atoms with Gasteiger partial charge in [-0.2, -0.15) is 0 Å². The summed E-state index contributed by atoms with van der Waals surface area (Å²) in [5, 5.41) is 9.83. The molecule has 30 heavy (non-hydrogen) atoms. The van der Waals surface area contributed by atoms with Crippen LogP contribution in [0, 0.1) is 17.8 Å². The van der Waals surface area contributed by atoms with E-state index >= 15 is 0 Å². The topological polar surface area (TPSA) is 53.0 Å². The van der Waals surface area contributed by atoms with Crippen molar-refractivity contribution >= 4 is 5.91 Å². The molecule has 4 bridgehead atoms. The summed E-state index contributed by atoms with van der Waals surface area (Å²) >= 11 is 0. The Hall–Kier alpha value is -1.59. The number of aliphatic hydroxyl groups is 1. The van der Waals surface area contributed by atoms with E-state index in [-0.39, 0.29) is 17.6 Å². The van der Waals surface area contributed by atoms with Gasteiger partial charge in [0.05, 0.1) is 19.8 Å². The van der Waals surface area contributed by atoms with Crippen LogP contribution in [0.5, 0.6) is 5.75 Å². The molecule has 5 nitrogen and oxygen atoms in total. The average Bonchev–Trinajstić information content (AvgIpc) is 2.72. The number of nitrogens with zero attached hydrogens (tertiary/aromatic N) is 2. The van der Waals surface area contributed by atoms with Crippen LogP contribution in [0.15, 0.2) is 24.3 Å². The Kier molecular flexibility index (Phi) is 5.53. The van der Waals surface area contributed by atoms with Gasteiger partial charge in [0.15, 0.2) is 0 Å². The maximum Gasteiger partial charge on any atom is 0.237 e. The van der Waals surface area contributed by atoms with Gasteiger partial charge in [0.25, 0.3) is 0 Å². The highest BCUT2D eigenvalue weighted by Crippen LogP contribution is 2.58. The highest BCUT2D eigenvalue weighted by Gasteiger charge is 2.54. The maximum absolute atomic E-state index is 13.8. The first kappa shape index (κ1) is 20.3. The van der Waals surface area contributed by atoms with E-state index < -0.39 is 0 Å². The monoisotopic (exact) mass is 412 g/mol. The number of amides is 1. The van der Waals surface area contributed by atoms with Gasteiger partial charge in [0, 0.05) is 25.2 Å². The van der Waals surface area contributed by atoms with Gasteiger partial charge in [0.2, 0.25) is 5.91 Å². The van der Waals surface area contributed by atoms with Gasteiger partial charge in [-0.3, -0.25) is 9.69 Å². The zero-order valence-electron chi connectivity index (χ0n) is 18.3. The summed E-state index contributed by atoms with van der Waals surface area (Å²) in [5.41, 5.74) is 1.21. The van der Waals surface area contributed by atoms with E-state index in [2.05, 4.69) is 21.9 Å². The van der Waals surface area contributed by atoms with E-state index in [1.54, 1.807) is 7.11 Å². The molecule has 1 saturated heterocycles. The fraction of sp³-hybridized carbons (Fsp3) is 0.720. The number of methoxy groups -OCH3 is 1. The second-order valence-corrected chi connectivity index (χ2v) is 10.5. The average molecular weight is 413 g/mol. The molecule has 1 amide bonds. The van der Waals surface area contributed by atoms with Crippen LogP contribution < -0.4 is 4.74 Å². The number of piperidine rings is 1. The van der Waals surface area contributed by atoms with Crippen molar-refractivity contribution in [2.24, 2.45) is 17.8 Å². The lowest BCUT2D eigenvalue weighted by atomic mass is 9.52. The van der Waals surface area contributed by atoms with E-state index in [0.717, 1.165) is 55.0 Å². The SMILES string of the molecule is COc1cccc(CN(C(=O)CN2CCC(O)CC2)C23CC4CC(CC(C4)C2)C3)c1. The molecule has 164 valence electrons. The lowest BCUT2D eigenvalue weighted by Crippen LogP contribution is -2.62. The Balaban J connectivity index is 1.39. The van der Waals surface area contributed by atoms with E-state index in [1.807, 2.05) is 12.1 Å². The van der Waals surface area contributed by atoms with Gasteiger partial charge in [-0.1, -0.05) is 12.1 Å². The molecule has 4 aliphatic carbocycles. The first-order chi connectivity index (χ1) is 14.5. The molecule has 1 aromatic rings. The molecule has 5 heteroatoms. The van der Waals surface area contributed by atoms with Crippen LogP contribution in [0.1, 0.15) is 56.9 Å². The Morgan fingerprint density at radius 1 is 1.13 bits per heavy atom. The normalized spacial score (nSPS) is 33.6. The van der Waals surface area contributed by atoms with Crippen LogP contribution >= 0.6 is 0 Å². The zero-order valence-corrected chi connectivity index (χ0v) is 18.3. The van der Waals surface area contributed by atoms with Crippen molar-refractivity contribution in [2.45, 2.75) is 69.6 Å². The van der Waals surface area contributed by atoms with E-state index in [0.29, 0.717) is 13.1 Å². The first-order valence-corrected chi connectivity index (χ1v) is 11.9. The minimum absolute atomic E-state index is 0.0458. The molecule has 1 heterocycles. The van der Waals surface area contributed by atoms with Crippen LogP contribution in [0.25, 0.3) is 0 Å². The van der Waals surface area contributed by atoms with Crippen molar-refractivity contribution < 1.29 is 14.6 Å². The molecule has 0 spiro atoms. The van der Waals surface area contributed by atoms with Crippen molar-refractivity contribution in [1.82, 2.24) is 9.80 Å². The van der Waals surface area contributed by atoms with Crippen molar-refractivity contribution in [1.29, 1.82) is 0 Å². The van der Waals surface area contributed by atoms with Crippen LogP contribution in [-0.4, -0.2) is 59.2 Å².